The fourth-order valence-corrected chi connectivity index (χ4v) is 1.99. The van der Waals surface area contributed by atoms with E-state index in [0.717, 1.165) is 11.6 Å². The van der Waals surface area contributed by atoms with Crippen LogP contribution < -0.4 is 10.1 Å². The molecule has 0 saturated heterocycles. The predicted octanol–water partition coefficient (Wildman–Crippen LogP) is 3.36. The Morgan fingerprint density at radius 2 is 1.85 bits per heavy atom. The van der Waals surface area contributed by atoms with E-state index >= 15 is 0 Å². The van der Waals surface area contributed by atoms with Gasteiger partial charge in [0.15, 0.2) is 30.2 Å². The molecule has 1 N–H and O–H groups in total. The van der Waals surface area contributed by atoms with Crippen molar-refractivity contribution in [2.45, 2.75) is 20.0 Å². The number of anilines is 1. The number of halogens is 3. The monoisotopic (exact) mass is 367 g/mol. The van der Waals surface area contributed by atoms with Crippen molar-refractivity contribution >= 4 is 17.6 Å². The molecule has 0 aliphatic carbocycles. The number of nitrogens with one attached hydrogen (secondary N) is 1. The number of hydrogen-bond acceptors (Lipinski definition) is 4. The van der Waals surface area contributed by atoms with Crippen molar-refractivity contribution in [2.75, 3.05) is 11.9 Å². The maximum absolute atomic E-state index is 13.5. The lowest BCUT2D eigenvalue weighted by atomic mass is 10.2. The predicted molar refractivity (Wildman–Crippen MR) is 87.2 cm³/mol. The van der Waals surface area contributed by atoms with Crippen LogP contribution in [0.25, 0.3) is 0 Å². The Bertz CT molecular complexity index is 826. The number of hydrogen-bond donors (Lipinski definition) is 1. The summed E-state index contributed by atoms with van der Waals surface area (Å²) in [6.45, 7) is 2.67. The number of carbonyl (C=O) groups is 2. The molecule has 0 spiro atoms. The summed E-state index contributed by atoms with van der Waals surface area (Å²) >= 11 is 0. The Kier molecular flexibility index (Phi) is 6.21. The summed E-state index contributed by atoms with van der Waals surface area (Å²) < 4.78 is 49.6. The van der Waals surface area contributed by atoms with E-state index in [1.54, 1.807) is 18.2 Å². The van der Waals surface area contributed by atoms with E-state index in [2.05, 4.69) is 0 Å². The summed E-state index contributed by atoms with van der Waals surface area (Å²) in [6.07, 6.45) is -1.30. The topological polar surface area (TPSA) is 64.6 Å². The molecular weight excluding hydrogens is 351 g/mol. The van der Waals surface area contributed by atoms with Crippen LogP contribution in [-0.2, 0) is 14.3 Å². The number of benzene rings is 2. The first kappa shape index (κ1) is 19.3. The molecule has 138 valence electrons. The van der Waals surface area contributed by atoms with Gasteiger partial charge in [0, 0.05) is 0 Å². The molecule has 0 bridgehead atoms. The molecule has 0 radical (unpaired) electrons. The third-order valence-electron chi connectivity index (χ3n) is 3.32. The Morgan fingerprint density at radius 3 is 2.54 bits per heavy atom. The number of ether oxygens (including phenoxy) is 2. The average molecular weight is 367 g/mol. The average Bonchev–Trinajstić information content (AvgIpc) is 2.60. The highest BCUT2D eigenvalue weighted by Gasteiger charge is 2.21. The number of aryl methyl sites for hydroxylation is 1. The molecule has 26 heavy (non-hydrogen) atoms. The van der Waals surface area contributed by atoms with Crippen LogP contribution in [0.4, 0.5) is 18.9 Å². The first-order chi connectivity index (χ1) is 12.3. The van der Waals surface area contributed by atoms with Crippen LogP contribution in [0.15, 0.2) is 36.4 Å². The van der Waals surface area contributed by atoms with Gasteiger partial charge in [0.05, 0.1) is 5.69 Å². The second-order valence-corrected chi connectivity index (χ2v) is 5.45. The van der Waals surface area contributed by atoms with Crippen LogP contribution >= 0.6 is 0 Å². The molecule has 0 saturated carbocycles. The number of carbonyl (C=O) groups excluding carboxylic acids is 2. The molecule has 1 amide bonds. The van der Waals surface area contributed by atoms with Crippen molar-refractivity contribution in [1.82, 2.24) is 0 Å². The van der Waals surface area contributed by atoms with E-state index in [-0.39, 0.29) is 0 Å². The van der Waals surface area contributed by atoms with Crippen LogP contribution in [0.1, 0.15) is 12.5 Å². The quantitative estimate of drug-likeness (QED) is 0.628. The SMILES string of the molecule is Cc1cccc(OCC(=O)O[C@H](C)C(=O)Nc2ccc(F)c(F)c2F)c1. The zero-order chi connectivity index (χ0) is 19.3. The first-order valence-electron chi connectivity index (χ1n) is 7.61. The van der Waals surface area contributed by atoms with Crippen molar-refractivity contribution in [2.24, 2.45) is 0 Å². The number of rotatable bonds is 6. The highest BCUT2D eigenvalue weighted by Crippen LogP contribution is 2.20. The van der Waals surface area contributed by atoms with E-state index in [1.807, 2.05) is 18.3 Å². The maximum atomic E-state index is 13.5. The molecule has 0 aromatic heterocycles. The molecule has 1 atom stereocenters. The van der Waals surface area contributed by atoms with Gasteiger partial charge in [0.25, 0.3) is 5.91 Å². The summed E-state index contributed by atoms with van der Waals surface area (Å²) in [4.78, 5) is 23.6. The van der Waals surface area contributed by atoms with Crippen LogP contribution in [0.2, 0.25) is 0 Å². The Hall–Kier alpha value is -3.03. The minimum absolute atomic E-state index is 0.430. The summed E-state index contributed by atoms with van der Waals surface area (Å²) in [6, 6.07) is 8.51. The Labute approximate surface area is 147 Å². The number of esters is 1. The van der Waals surface area contributed by atoms with Gasteiger partial charge >= 0.3 is 5.97 Å². The Balaban J connectivity index is 1.88. The molecule has 2 aromatic carbocycles. The largest absolute Gasteiger partial charge is 0.482 e. The molecular formula is C18H16F3NO4. The highest BCUT2D eigenvalue weighted by atomic mass is 19.2. The van der Waals surface area contributed by atoms with E-state index < -0.39 is 47.7 Å². The molecule has 2 rings (SSSR count). The van der Waals surface area contributed by atoms with Crippen LogP contribution in [0.5, 0.6) is 5.75 Å². The zero-order valence-corrected chi connectivity index (χ0v) is 14.0. The molecule has 0 aliphatic rings. The fraction of sp³-hybridized carbons (Fsp3) is 0.222. The summed E-state index contributed by atoms with van der Waals surface area (Å²) in [5.41, 5.74) is 0.380. The van der Waals surface area contributed by atoms with Crippen LogP contribution in [0, 0.1) is 24.4 Å². The third kappa shape index (κ3) is 4.98. The second-order valence-electron chi connectivity index (χ2n) is 5.45. The van der Waals surface area contributed by atoms with E-state index in [1.165, 1.54) is 6.92 Å². The molecule has 0 unspecified atom stereocenters. The van der Waals surface area contributed by atoms with Crippen molar-refractivity contribution in [3.8, 4) is 5.75 Å². The van der Waals surface area contributed by atoms with Gasteiger partial charge in [-0.2, -0.15) is 0 Å². The molecule has 0 heterocycles. The standard InChI is InChI=1S/C18H16F3NO4/c1-10-4-3-5-12(8-10)25-9-15(23)26-11(2)18(24)22-14-7-6-13(19)16(20)17(14)21/h3-8,11H,9H2,1-2H3,(H,22,24)/t11-/m1/s1. The maximum Gasteiger partial charge on any atom is 0.344 e. The van der Waals surface area contributed by atoms with Gasteiger partial charge in [-0.25, -0.2) is 18.0 Å². The zero-order valence-electron chi connectivity index (χ0n) is 14.0. The Morgan fingerprint density at radius 1 is 1.12 bits per heavy atom. The minimum atomic E-state index is -1.71. The smallest absolute Gasteiger partial charge is 0.344 e. The van der Waals surface area contributed by atoms with Gasteiger partial charge < -0.3 is 14.8 Å². The molecule has 0 aliphatic heterocycles. The van der Waals surface area contributed by atoms with E-state index in [9.17, 15) is 22.8 Å². The minimum Gasteiger partial charge on any atom is -0.482 e. The van der Waals surface area contributed by atoms with Gasteiger partial charge in [0.1, 0.15) is 5.75 Å². The molecule has 8 heteroatoms. The van der Waals surface area contributed by atoms with Crippen LogP contribution in [0.3, 0.4) is 0 Å². The lowest BCUT2D eigenvalue weighted by Crippen LogP contribution is -2.32. The lowest BCUT2D eigenvalue weighted by molar-refractivity contribution is -0.155. The van der Waals surface area contributed by atoms with E-state index in [4.69, 9.17) is 9.47 Å². The van der Waals surface area contributed by atoms with Crippen molar-refractivity contribution in [1.29, 1.82) is 0 Å². The van der Waals surface area contributed by atoms with Crippen LogP contribution in [-0.4, -0.2) is 24.6 Å². The third-order valence-corrected chi connectivity index (χ3v) is 3.32. The first-order valence-corrected chi connectivity index (χ1v) is 7.61. The lowest BCUT2D eigenvalue weighted by Gasteiger charge is -2.14. The second kappa shape index (κ2) is 8.37. The van der Waals surface area contributed by atoms with Crippen molar-refractivity contribution in [3.63, 3.8) is 0 Å². The van der Waals surface area contributed by atoms with E-state index in [0.29, 0.717) is 11.8 Å². The van der Waals surface area contributed by atoms with Crippen molar-refractivity contribution in [3.05, 3.63) is 59.4 Å². The summed E-state index contributed by atoms with van der Waals surface area (Å²) in [7, 11) is 0. The molecule has 2 aromatic rings. The number of amides is 1. The van der Waals surface area contributed by atoms with Crippen molar-refractivity contribution < 1.29 is 32.2 Å². The highest BCUT2D eigenvalue weighted by molar-refractivity contribution is 5.95. The van der Waals surface area contributed by atoms with Gasteiger partial charge in [0.2, 0.25) is 0 Å². The fourth-order valence-electron chi connectivity index (χ4n) is 1.99. The van der Waals surface area contributed by atoms with Gasteiger partial charge in [-0.1, -0.05) is 12.1 Å². The summed E-state index contributed by atoms with van der Waals surface area (Å²) in [5.74, 6) is -5.89. The normalized spacial score (nSPS) is 11.6. The molecule has 5 nitrogen and oxygen atoms in total. The molecule has 0 fully saturated rings. The van der Waals surface area contributed by atoms with Gasteiger partial charge in [-0.15, -0.1) is 0 Å². The summed E-state index contributed by atoms with van der Waals surface area (Å²) in [5, 5.41) is 2.03. The van der Waals surface area contributed by atoms with Gasteiger partial charge in [-0.05, 0) is 43.7 Å². The van der Waals surface area contributed by atoms with Gasteiger partial charge in [-0.3, -0.25) is 4.79 Å².